The Morgan fingerprint density at radius 1 is 1.23 bits per heavy atom. The van der Waals surface area contributed by atoms with Crippen LogP contribution >= 0.6 is 0 Å². The summed E-state index contributed by atoms with van der Waals surface area (Å²) in [6, 6.07) is 4.83. The van der Waals surface area contributed by atoms with Gasteiger partial charge in [0.15, 0.2) is 5.58 Å². The molecule has 2 aliphatic heterocycles. The minimum absolute atomic E-state index is 0.0133. The molecule has 0 aliphatic carbocycles. The molecule has 2 aromatic heterocycles. The van der Waals surface area contributed by atoms with Gasteiger partial charge in [-0.15, -0.1) is 0 Å². The van der Waals surface area contributed by atoms with Crippen molar-refractivity contribution in [3.8, 4) is 0 Å². The third-order valence-electron chi connectivity index (χ3n) is 6.78. The molecule has 0 amide bonds. The number of halogens is 1. The molecule has 0 saturated carbocycles. The third-order valence-corrected chi connectivity index (χ3v) is 6.78. The summed E-state index contributed by atoms with van der Waals surface area (Å²) < 4.78 is 21.3. The smallest absolute Gasteiger partial charge is 0.257 e. The molecular formula is C23H27FN4O3. The molecule has 8 heteroatoms. The fraction of sp³-hybridized carbons (Fsp3) is 0.522. The maximum atomic E-state index is 14.3. The third kappa shape index (κ3) is 3.68. The first-order valence-corrected chi connectivity index (χ1v) is 11.1. The lowest BCUT2D eigenvalue weighted by molar-refractivity contribution is 0.129. The molecule has 0 bridgehead atoms. The van der Waals surface area contributed by atoms with Crippen molar-refractivity contribution in [1.29, 1.82) is 0 Å². The molecule has 1 N–H and O–H groups in total. The Labute approximate surface area is 179 Å². The average Bonchev–Trinajstić information content (AvgIpc) is 3.20. The Bertz CT molecular complexity index is 1160. The van der Waals surface area contributed by atoms with Crippen LogP contribution in [0.25, 0.3) is 11.0 Å². The molecule has 1 saturated heterocycles. The van der Waals surface area contributed by atoms with E-state index in [-0.39, 0.29) is 17.3 Å². The molecule has 3 aromatic rings. The molecule has 0 spiro atoms. The van der Waals surface area contributed by atoms with E-state index in [0.717, 1.165) is 55.8 Å². The number of hydrogen-bond acceptors (Lipinski definition) is 6. The van der Waals surface area contributed by atoms with Gasteiger partial charge in [0.05, 0.1) is 11.1 Å². The lowest BCUT2D eigenvalue weighted by Gasteiger charge is -2.31. The molecule has 1 unspecified atom stereocenters. The van der Waals surface area contributed by atoms with Gasteiger partial charge in [-0.2, -0.15) is 0 Å². The van der Waals surface area contributed by atoms with Gasteiger partial charge >= 0.3 is 0 Å². The Hall–Kier alpha value is -2.58. The van der Waals surface area contributed by atoms with Crippen molar-refractivity contribution in [1.82, 2.24) is 19.6 Å². The number of aliphatic hydroxyl groups is 1. The average molecular weight is 426 g/mol. The summed E-state index contributed by atoms with van der Waals surface area (Å²) in [7, 11) is 0. The van der Waals surface area contributed by atoms with Crippen molar-refractivity contribution in [2.24, 2.45) is 0 Å². The fourth-order valence-corrected chi connectivity index (χ4v) is 5.00. The van der Waals surface area contributed by atoms with Crippen molar-refractivity contribution >= 4 is 11.0 Å². The van der Waals surface area contributed by atoms with E-state index in [4.69, 9.17) is 4.52 Å². The van der Waals surface area contributed by atoms with E-state index in [1.165, 1.54) is 6.07 Å². The summed E-state index contributed by atoms with van der Waals surface area (Å²) in [5.74, 6) is 0.399. The van der Waals surface area contributed by atoms with Gasteiger partial charge in [0, 0.05) is 30.3 Å². The predicted octanol–water partition coefficient (Wildman–Crippen LogP) is 3.08. The molecule has 0 radical (unpaired) electrons. The van der Waals surface area contributed by atoms with Crippen LogP contribution in [0.4, 0.5) is 4.39 Å². The van der Waals surface area contributed by atoms with Crippen LogP contribution in [-0.2, 0) is 13.0 Å². The van der Waals surface area contributed by atoms with E-state index in [2.05, 4.69) is 15.0 Å². The van der Waals surface area contributed by atoms with Crippen molar-refractivity contribution in [2.45, 2.75) is 57.6 Å². The molecule has 1 aromatic carbocycles. The summed E-state index contributed by atoms with van der Waals surface area (Å²) in [6.07, 6.45) is 3.20. The second-order valence-electron chi connectivity index (χ2n) is 8.70. The number of hydrogen-bond donors (Lipinski definition) is 1. The standard InChI is InChI=1S/C23H27FN4O3/c1-14-16(23(30)28-10-3-5-18(29)22(28)25-14)9-13-27-11-7-15(8-12-27)21-20-17(24)4-2-6-19(20)31-26-21/h2,4,6,15,18,29H,3,5,7-13H2,1H3. The molecule has 7 nitrogen and oxygen atoms in total. The van der Waals surface area contributed by atoms with Crippen LogP contribution < -0.4 is 5.56 Å². The van der Waals surface area contributed by atoms with Crippen LogP contribution in [0.1, 0.15) is 60.5 Å². The number of nitrogens with zero attached hydrogens (tertiary/aromatic N) is 4. The maximum absolute atomic E-state index is 14.3. The Balaban J connectivity index is 1.25. The normalized spacial score (nSPS) is 20.3. The molecule has 5 rings (SSSR count). The lowest BCUT2D eigenvalue weighted by Crippen LogP contribution is -2.37. The van der Waals surface area contributed by atoms with Gasteiger partial charge < -0.3 is 14.5 Å². The number of fused-ring (bicyclic) bond motifs is 2. The van der Waals surface area contributed by atoms with Crippen LogP contribution in [0.3, 0.4) is 0 Å². The fourth-order valence-electron chi connectivity index (χ4n) is 5.00. The highest BCUT2D eigenvalue weighted by atomic mass is 19.1. The largest absolute Gasteiger partial charge is 0.385 e. The predicted molar refractivity (Wildman–Crippen MR) is 114 cm³/mol. The van der Waals surface area contributed by atoms with E-state index in [9.17, 15) is 14.3 Å². The molecule has 1 fully saturated rings. The number of benzene rings is 1. The quantitative estimate of drug-likeness (QED) is 0.690. The molecule has 31 heavy (non-hydrogen) atoms. The maximum Gasteiger partial charge on any atom is 0.257 e. The van der Waals surface area contributed by atoms with E-state index in [1.807, 2.05) is 6.92 Å². The summed E-state index contributed by atoms with van der Waals surface area (Å²) in [5, 5.41) is 14.8. The topological polar surface area (TPSA) is 84.4 Å². The van der Waals surface area contributed by atoms with E-state index in [0.29, 0.717) is 36.2 Å². The highest BCUT2D eigenvalue weighted by Gasteiger charge is 2.27. The summed E-state index contributed by atoms with van der Waals surface area (Å²) in [5.41, 5.74) is 2.67. The number of rotatable bonds is 4. The van der Waals surface area contributed by atoms with Gasteiger partial charge in [-0.1, -0.05) is 11.2 Å². The van der Waals surface area contributed by atoms with Gasteiger partial charge in [-0.05, 0) is 64.3 Å². The zero-order valence-corrected chi connectivity index (χ0v) is 17.7. The Morgan fingerprint density at radius 2 is 2.03 bits per heavy atom. The summed E-state index contributed by atoms with van der Waals surface area (Å²) in [4.78, 5) is 19.8. The van der Waals surface area contributed by atoms with E-state index in [1.54, 1.807) is 16.7 Å². The van der Waals surface area contributed by atoms with Crippen LogP contribution in [0, 0.1) is 12.7 Å². The summed E-state index contributed by atoms with van der Waals surface area (Å²) in [6.45, 7) is 4.99. The highest BCUT2D eigenvalue weighted by molar-refractivity contribution is 5.80. The first kappa shape index (κ1) is 20.3. The molecule has 4 heterocycles. The first-order valence-electron chi connectivity index (χ1n) is 11.1. The van der Waals surface area contributed by atoms with Gasteiger partial charge in [0.1, 0.15) is 17.7 Å². The number of aryl methyl sites for hydroxylation is 1. The van der Waals surface area contributed by atoms with E-state index < -0.39 is 6.10 Å². The second-order valence-corrected chi connectivity index (χ2v) is 8.70. The summed E-state index contributed by atoms with van der Waals surface area (Å²) >= 11 is 0. The number of aromatic nitrogens is 3. The van der Waals surface area contributed by atoms with E-state index >= 15 is 0 Å². The van der Waals surface area contributed by atoms with Gasteiger partial charge in [0.25, 0.3) is 5.56 Å². The number of likely N-dealkylation sites (tertiary alicyclic amines) is 1. The highest BCUT2D eigenvalue weighted by Crippen LogP contribution is 2.33. The SMILES string of the molecule is Cc1nc2n(c(=O)c1CCN1CCC(c3noc4cccc(F)c34)CC1)CCCC2O. The second kappa shape index (κ2) is 8.16. The molecular weight excluding hydrogens is 399 g/mol. The lowest BCUT2D eigenvalue weighted by atomic mass is 9.91. The number of aliphatic hydroxyl groups excluding tert-OH is 1. The van der Waals surface area contributed by atoms with Gasteiger partial charge in [-0.3, -0.25) is 9.36 Å². The first-order chi connectivity index (χ1) is 15.0. The van der Waals surface area contributed by atoms with Gasteiger partial charge in [-0.25, -0.2) is 9.37 Å². The monoisotopic (exact) mass is 426 g/mol. The van der Waals surface area contributed by atoms with Crippen LogP contribution in [0.15, 0.2) is 27.5 Å². The minimum atomic E-state index is -0.648. The van der Waals surface area contributed by atoms with Crippen LogP contribution in [-0.4, -0.2) is 44.3 Å². The van der Waals surface area contributed by atoms with Gasteiger partial charge in [0.2, 0.25) is 0 Å². The zero-order chi connectivity index (χ0) is 21.5. The molecule has 2 aliphatic rings. The Morgan fingerprint density at radius 3 is 2.84 bits per heavy atom. The Kier molecular flexibility index (Phi) is 5.35. The van der Waals surface area contributed by atoms with Crippen LogP contribution in [0.2, 0.25) is 0 Å². The number of piperidine rings is 1. The zero-order valence-electron chi connectivity index (χ0n) is 17.7. The van der Waals surface area contributed by atoms with Crippen LogP contribution in [0.5, 0.6) is 0 Å². The van der Waals surface area contributed by atoms with Crippen molar-refractivity contribution in [2.75, 3.05) is 19.6 Å². The minimum Gasteiger partial charge on any atom is -0.385 e. The van der Waals surface area contributed by atoms with Crippen molar-refractivity contribution in [3.63, 3.8) is 0 Å². The molecule has 1 atom stereocenters. The van der Waals surface area contributed by atoms with Crippen molar-refractivity contribution in [3.05, 3.63) is 57.1 Å². The van der Waals surface area contributed by atoms with Crippen molar-refractivity contribution < 1.29 is 14.0 Å². The molecule has 164 valence electrons.